The van der Waals surface area contributed by atoms with Crippen LogP contribution in [0.15, 0.2) is 20.7 Å². The normalized spacial score (nSPS) is 14.1. The Morgan fingerprint density at radius 2 is 2.29 bits per heavy atom. The Morgan fingerprint density at radius 3 is 2.90 bits per heavy atom. The largest absolute Gasteiger partial charge is 0.338 e. The monoisotopic (exact) mass is 342 g/mol. The molecule has 1 fully saturated rings. The van der Waals surface area contributed by atoms with Crippen LogP contribution in [0.1, 0.15) is 19.8 Å². The van der Waals surface area contributed by atoms with Crippen molar-refractivity contribution < 1.29 is 9.72 Å². The maximum atomic E-state index is 11.7. The molecule has 110 valence electrons. The van der Waals surface area contributed by atoms with Crippen molar-refractivity contribution in [2.45, 2.75) is 35.0 Å². The first-order valence-electron chi connectivity index (χ1n) is 6.09. The minimum Gasteiger partial charge on any atom is -0.284 e. The number of hydrogen-bond acceptors (Lipinski definition) is 8. The molecule has 10 heteroatoms. The van der Waals surface area contributed by atoms with Crippen molar-refractivity contribution in [3.8, 4) is 0 Å². The molecule has 0 bridgehead atoms. The number of anilines is 1. The van der Waals surface area contributed by atoms with E-state index in [-0.39, 0.29) is 17.0 Å². The van der Waals surface area contributed by atoms with Crippen LogP contribution < -0.4 is 4.90 Å². The molecule has 0 radical (unpaired) electrons. The molecule has 0 saturated heterocycles. The van der Waals surface area contributed by atoms with Gasteiger partial charge in [0.25, 0.3) is 0 Å². The number of carbonyl (C=O) groups excluding carboxylic acids is 1. The zero-order valence-electron chi connectivity index (χ0n) is 10.9. The van der Waals surface area contributed by atoms with Gasteiger partial charge in [-0.15, -0.1) is 10.2 Å². The van der Waals surface area contributed by atoms with Crippen LogP contribution in [0.2, 0.25) is 0 Å². The Kier molecular flexibility index (Phi) is 3.91. The van der Waals surface area contributed by atoms with Gasteiger partial charge in [-0.25, -0.2) is 0 Å². The molecule has 0 unspecified atom stereocenters. The molecule has 0 N–H and O–H groups in total. The maximum absolute atomic E-state index is 11.7. The van der Waals surface area contributed by atoms with Crippen LogP contribution in [0, 0.1) is 10.1 Å². The molecule has 2 aromatic rings. The van der Waals surface area contributed by atoms with Crippen molar-refractivity contribution in [2.75, 3.05) is 4.90 Å². The first-order chi connectivity index (χ1) is 10.1. The smallest absolute Gasteiger partial charge is 0.284 e. The van der Waals surface area contributed by atoms with Gasteiger partial charge in [0, 0.05) is 13.0 Å². The molecule has 1 aliphatic rings. The fourth-order valence-corrected chi connectivity index (χ4v) is 4.70. The van der Waals surface area contributed by atoms with E-state index < -0.39 is 4.92 Å². The Balaban J connectivity index is 1.80. The van der Waals surface area contributed by atoms with Crippen molar-refractivity contribution in [3.05, 3.63) is 21.6 Å². The summed E-state index contributed by atoms with van der Waals surface area (Å²) < 4.78 is 0.596. The zero-order valence-corrected chi connectivity index (χ0v) is 13.3. The predicted molar refractivity (Wildman–Crippen MR) is 81.2 cm³/mol. The van der Waals surface area contributed by atoms with Gasteiger partial charge >= 0.3 is 5.00 Å². The predicted octanol–water partition coefficient (Wildman–Crippen LogP) is 3.17. The maximum Gasteiger partial charge on any atom is 0.338 e. The Bertz CT molecular complexity index is 694. The Hall–Kier alpha value is -1.52. The first-order valence-corrected chi connectivity index (χ1v) is 8.60. The van der Waals surface area contributed by atoms with E-state index >= 15 is 0 Å². The number of nitrogens with zero attached hydrogens (tertiary/aromatic N) is 4. The third-order valence-corrected chi connectivity index (χ3v) is 5.84. The molecule has 0 atom stereocenters. The number of aromatic nitrogens is 2. The van der Waals surface area contributed by atoms with Gasteiger partial charge in [-0.2, -0.15) is 0 Å². The average molecular weight is 342 g/mol. The van der Waals surface area contributed by atoms with E-state index in [9.17, 15) is 14.9 Å². The minimum atomic E-state index is -0.402. The summed E-state index contributed by atoms with van der Waals surface area (Å²) >= 11 is 3.57. The third-order valence-electron chi connectivity index (χ3n) is 2.83. The highest BCUT2D eigenvalue weighted by Crippen LogP contribution is 2.42. The quantitative estimate of drug-likeness (QED) is 0.471. The lowest BCUT2D eigenvalue weighted by atomic mass is 10.5. The summed E-state index contributed by atoms with van der Waals surface area (Å²) in [6.45, 7) is 1.51. The summed E-state index contributed by atoms with van der Waals surface area (Å²) in [5, 5.41) is 21.3. The van der Waals surface area contributed by atoms with Gasteiger partial charge in [0.15, 0.2) is 4.34 Å². The van der Waals surface area contributed by atoms with Crippen LogP contribution in [0.5, 0.6) is 0 Å². The lowest BCUT2D eigenvalue weighted by molar-refractivity contribution is -0.382. The lowest BCUT2D eigenvalue weighted by Crippen LogP contribution is -2.30. The highest BCUT2D eigenvalue weighted by Gasteiger charge is 2.34. The molecule has 7 nitrogen and oxygen atoms in total. The van der Waals surface area contributed by atoms with Gasteiger partial charge in [0.2, 0.25) is 11.0 Å². The molecule has 2 heterocycles. The summed E-state index contributed by atoms with van der Waals surface area (Å²) in [5.41, 5.74) is 0. The van der Waals surface area contributed by atoms with Crippen LogP contribution in [0.25, 0.3) is 0 Å². The first kappa shape index (κ1) is 14.4. The number of amides is 1. The standard InChI is InChI=1S/C11H10N4O3S3/c1-6(16)14(7-2-3-7)10-12-13-11(21-10)20-8-4-5-19-9(8)15(17)18/h4-5,7H,2-3H2,1H3. The number of carbonyl (C=O) groups is 1. The third kappa shape index (κ3) is 3.06. The van der Waals surface area contributed by atoms with Crippen LogP contribution in [-0.4, -0.2) is 27.1 Å². The molecule has 1 amide bonds. The van der Waals surface area contributed by atoms with Crippen LogP contribution in [-0.2, 0) is 4.79 Å². The number of hydrogen-bond donors (Lipinski definition) is 0. The fraction of sp³-hybridized carbons (Fsp3) is 0.364. The second kappa shape index (κ2) is 5.70. The number of rotatable bonds is 5. The van der Waals surface area contributed by atoms with E-state index in [1.807, 2.05) is 0 Å². The highest BCUT2D eigenvalue weighted by molar-refractivity contribution is 8.01. The number of thiophene rings is 1. The fourth-order valence-electron chi connectivity index (χ4n) is 1.82. The molecular weight excluding hydrogens is 332 g/mol. The molecule has 21 heavy (non-hydrogen) atoms. The summed E-state index contributed by atoms with van der Waals surface area (Å²) in [4.78, 5) is 24.4. The van der Waals surface area contributed by atoms with Gasteiger partial charge in [-0.3, -0.25) is 19.8 Å². The zero-order chi connectivity index (χ0) is 15.0. The summed E-state index contributed by atoms with van der Waals surface area (Å²) in [6, 6.07) is 1.92. The second-order valence-corrected chi connectivity index (χ2v) is 7.56. The molecule has 0 aromatic carbocycles. The molecule has 2 aromatic heterocycles. The van der Waals surface area contributed by atoms with Crippen molar-refractivity contribution >= 4 is 50.5 Å². The van der Waals surface area contributed by atoms with Crippen molar-refractivity contribution in [1.29, 1.82) is 0 Å². The molecule has 0 spiro atoms. The van der Waals surface area contributed by atoms with Gasteiger partial charge in [0.1, 0.15) is 4.90 Å². The minimum absolute atomic E-state index is 0.0493. The van der Waals surface area contributed by atoms with E-state index in [4.69, 9.17) is 0 Å². The highest BCUT2D eigenvalue weighted by atomic mass is 32.2. The van der Waals surface area contributed by atoms with Gasteiger partial charge in [0.05, 0.1) is 4.92 Å². The molecule has 3 rings (SSSR count). The van der Waals surface area contributed by atoms with Gasteiger partial charge < -0.3 is 0 Å². The van der Waals surface area contributed by atoms with E-state index in [1.165, 1.54) is 30.0 Å². The van der Waals surface area contributed by atoms with Crippen molar-refractivity contribution in [3.63, 3.8) is 0 Å². The Morgan fingerprint density at radius 1 is 1.52 bits per heavy atom. The summed E-state index contributed by atoms with van der Waals surface area (Å²) in [6.07, 6.45) is 1.97. The second-order valence-electron chi connectivity index (χ2n) is 4.42. The Labute approximate surface area is 132 Å². The average Bonchev–Trinajstić information content (AvgIpc) is 2.95. The summed E-state index contributed by atoms with van der Waals surface area (Å²) in [7, 11) is 0. The molecular formula is C11H10N4O3S3. The van der Waals surface area contributed by atoms with Crippen LogP contribution in [0.4, 0.5) is 10.1 Å². The van der Waals surface area contributed by atoms with E-state index in [2.05, 4.69) is 10.2 Å². The topological polar surface area (TPSA) is 89.2 Å². The lowest BCUT2D eigenvalue weighted by Gasteiger charge is -2.15. The molecule has 1 saturated carbocycles. The SMILES string of the molecule is CC(=O)N(c1nnc(Sc2ccsc2[N+](=O)[O-])s1)C1CC1. The van der Waals surface area contributed by atoms with E-state index in [0.717, 1.165) is 24.2 Å². The van der Waals surface area contributed by atoms with Crippen LogP contribution in [0.3, 0.4) is 0 Å². The van der Waals surface area contributed by atoms with E-state index in [0.29, 0.717) is 14.4 Å². The summed E-state index contributed by atoms with van der Waals surface area (Å²) in [5.74, 6) is -0.0493. The molecule has 0 aliphatic heterocycles. The van der Waals surface area contributed by atoms with Crippen LogP contribution >= 0.6 is 34.4 Å². The molecule has 1 aliphatic carbocycles. The van der Waals surface area contributed by atoms with E-state index in [1.54, 1.807) is 16.3 Å². The van der Waals surface area contributed by atoms with Crippen molar-refractivity contribution in [2.24, 2.45) is 0 Å². The van der Waals surface area contributed by atoms with Gasteiger partial charge in [-0.05, 0) is 36.0 Å². The number of nitro groups is 1. The van der Waals surface area contributed by atoms with Crippen molar-refractivity contribution in [1.82, 2.24) is 10.2 Å². The van der Waals surface area contributed by atoms with Gasteiger partial charge in [-0.1, -0.05) is 22.7 Å².